The maximum absolute atomic E-state index is 13.5. The van der Waals surface area contributed by atoms with Gasteiger partial charge in [0.05, 0.1) is 22.8 Å². The molecule has 51 heavy (non-hydrogen) atoms. The predicted octanol–water partition coefficient (Wildman–Crippen LogP) is 6.80. The number of ether oxygens (including phenoxy) is 1. The van der Waals surface area contributed by atoms with Crippen molar-refractivity contribution in [3.63, 3.8) is 0 Å². The van der Waals surface area contributed by atoms with Gasteiger partial charge in [0.25, 0.3) is 10.0 Å². The van der Waals surface area contributed by atoms with E-state index in [-0.39, 0.29) is 23.2 Å². The van der Waals surface area contributed by atoms with Crippen LogP contribution in [0.25, 0.3) is 33.3 Å². The minimum absolute atomic E-state index is 0.0571. The SMILES string of the molecule is CCNC(=O)CCCCCCCn1cc(-c2cnc(N)c3c(-c4ccc(NS(=O)(=O)C(F)F)c(OC(C)c5ccc(F)cc5)c4)nn(C)c23)cn1. The molecule has 1 amide bonds. The van der Waals surface area contributed by atoms with Crippen molar-refractivity contribution in [2.45, 2.75) is 70.8 Å². The van der Waals surface area contributed by atoms with Gasteiger partial charge in [-0.3, -0.25) is 18.9 Å². The summed E-state index contributed by atoms with van der Waals surface area (Å²) in [4.78, 5) is 16.1. The van der Waals surface area contributed by atoms with Crippen LogP contribution >= 0.6 is 0 Å². The van der Waals surface area contributed by atoms with Gasteiger partial charge in [0.15, 0.2) is 0 Å². The Morgan fingerprint density at radius 3 is 2.47 bits per heavy atom. The lowest BCUT2D eigenvalue weighted by Gasteiger charge is -2.19. The molecule has 3 aromatic heterocycles. The molecule has 3 heterocycles. The molecule has 0 radical (unpaired) electrons. The number of nitrogens with two attached hydrogens (primary N) is 1. The highest BCUT2D eigenvalue weighted by atomic mass is 32.2. The van der Waals surface area contributed by atoms with Crippen molar-refractivity contribution in [1.82, 2.24) is 29.9 Å². The zero-order chi connectivity index (χ0) is 36.7. The second-order valence-corrected chi connectivity index (χ2v) is 13.8. The van der Waals surface area contributed by atoms with Gasteiger partial charge < -0.3 is 15.8 Å². The van der Waals surface area contributed by atoms with Gasteiger partial charge in [-0.2, -0.15) is 19.0 Å². The smallest absolute Gasteiger partial charge is 0.355 e. The molecule has 0 aliphatic heterocycles. The summed E-state index contributed by atoms with van der Waals surface area (Å²) in [6, 6.07) is 9.83. The summed E-state index contributed by atoms with van der Waals surface area (Å²) < 4.78 is 76.0. The zero-order valence-electron chi connectivity index (χ0n) is 28.6. The van der Waals surface area contributed by atoms with Crippen LogP contribution in [0.2, 0.25) is 0 Å². The molecule has 1 atom stereocenters. The van der Waals surface area contributed by atoms with Gasteiger partial charge in [0.1, 0.15) is 29.2 Å². The number of hydrogen-bond acceptors (Lipinski definition) is 8. The molecule has 0 bridgehead atoms. The van der Waals surface area contributed by atoms with Crippen molar-refractivity contribution in [1.29, 1.82) is 0 Å². The van der Waals surface area contributed by atoms with Crippen molar-refractivity contribution in [3.05, 3.63) is 72.4 Å². The lowest BCUT2D eigenvalue weighted by Crippen LogP contribution is -2.21. The van der Waals surface area contributed by atoms with E-state index in [4.69, 9.17) is 15.6 Å². The fourth-order valence-corrected chi connectivity index (χ4v) is 6.35. The molecule has 0 spiro atoms. The third-order valence-corrected chi connectivity index (χ3v) is 9.36. The van der Waals surface area contributed by atoms with E-state index in [1.165, 1.54) is 42.5 Å². The third-order valence-electron chi connectivity index (χ3n) is 8.39. The maximum atomic E-state index is 13.5. The Morgan fingerprint density at radius 1 is 1.02 bits per heavy atom. The van der Waals surface area contributed by atoms with Gasteiger partial charge in [-0.05, 0) is 56.5 Å². The Balaban J connectivity index is 1.40. The molecule has 12 nitrogen and oxygen atoms in total. The second kappa shape index (κ2) is 16.3. The van der Waals surface area contributed by atoms with E-state index in [0.717, 1.165) is 49.8 Å². The van der Waals surface area contributed by atoms with Gasteiger partial charge in [-0.25, -0.2) is 17.8 Å². The number of alkyl halides is 2. The molecule has 1 unspecified atom stereocenters. The Labute approximate surface area is 294 Å². The van der Waals surface area contributed by atoms with Crippen LogP contribution in [0.5, 0.6) is 5.75 Å². The number of nitrogens with zero attached hydrogens (tertiary/aromatic N) is 5. The number of carbonyl (C=O) groups is 1. The number of carbonyl (C=O) groups excluding carboxylic acids is 1. The van der Waals surface area contributed by atoms with Crippen molar-refractivity contribution in [2.24, 2.45) is 7.05 Å². The molecular weight excluding hydrogens is 685 g/mol. The van der Waals surface area contributed by atoms with Gasteiger partial charge >= 0.3 is 5.76 Å². The van der Waals surface area contributed by atoms with Crippen LogP contribution in [-0.4, -0.2) is 51.2 Å². The molecule has 0 fully saturated rings. The molecule has 2 aromatic carbocycles. The largest absolute Gasteiger partial charge is 0.484 e. The number of hydrogen-bond donors (Lipinski definition) is 3. The first-order valence-electron chi connectivity index (χ1n) is 16.6. The molecule has 0 aliphatic rings. The molecule has 16 heteroatoms. The Hall–Kier alpha value is -5.12. The summed E-state index contributed by atoms with van der Waals surface area (Å²) in [5.41, 5.74) is 9.84. The number of nitrogen functional groups attached to an aromatic ring is 1. The van der Waals surface area contributed by atoms with Crippen LogP contribution in [0.15, 0.2) is 61.1 Å². The van der Waals surface area contributed by atoms with Crippen LogP contribution < -0.4 is 20.5 Å². The molecule has 0 aliphatic carbocycles. The van der Waals surface area contributed by atoms with E-state index in [1.807, 2.05) is 22.5 Å². The number of pyridine rings is 1. The summed E-state index contributed by atoms with van der Waals surface area (Å²) >= 11 is 0. The number of benzene rings is 2. The molecule has 272 valence electrons. The molecule has 4 N–H and O–H groups in total. The van der Waals surface area contributed by atoms with Crippen LogP contribution in [0.3, 0.4) is 0 Å². The van der Waals surface area contributed by atoms with Crippen LogP contribution in [0, 0.1) is 5.82 Å². The number of anilines is 2. The number of fused-ring (bicyclic) bond motifs is 1. The first kappa shape index (κ1) is 37.1. The topological polar surface area (TPSA) is 159 Å². The lowest BCUT2D eigenvalue weighted by molar-refractivity contribution is -0.121. The fraction of sp³-hybridized carbons (Fsp3) is 0.371. The summed E-state index contributed by atoms with van der Waals surface area (Å²) in [6.07, 6.45) is 10.0. The highest BCUT2D eigenvalue weighted by Gasteiger charge is 2.27. The summed E-state index contributed by atoms with van der Waals surface area (Å²) in [5.74, 6) is -3.89. The fourth-order valence-electron chi connectivity index (χ4n) is 5.79. The monoisotopic (exact) mass is 726 g/mol. The second-order valence-electron chi connectivity index (χ2n) is 12.1. The number of aromatic nitrogens is 5. The van der Waals surface area contributed by atoms with E-state index in [0.29, 0.717) is 40.7 Å². The van der Waals surface area contributed by atoms with Crippen molar-refractivity contribution >= 4 is 38.3 Å². The van der Waals surface area contributed by atoms with E-state index in [9.17, 15) is 26.4 Å². The van der Waals surface area contributed by atoms with E-state index >= 15 is 0 Å². The van der Waals surface area contributed by atoms with Crippen LogP contribution in [0.1, 0.15) is 64.0 Å². The zero-order valence-corrected chi connectivity index (χ0v) is 29.4. The average Bonchev–Trinajstić information content (AvgIpc) is 3.70. The molecule has 5 aromatic rings. The Bertz CT molecular complexity index is 2080. The first-order chi connectivity index (χ1) is 24.4. The van der Waals surface area contributed by atoms with Crippen LogP contribution in [-0.2, 0) is 28.4 Å². The average molecular weight is 727 g/mol. The molecule has 0 saturated carbocycles. The Kier molecular flexibility index (Phi) is 11.8. The minimum atomic E-state index is -5.03. The summed E-state index contributed by atoms with van der Waals surface area (Å²) in [5, 5.41) is 12.6. The van der Waals surface area contributed by atoms with Gasteiger partial charge in [-0.1, -0.05) is 37.5 Å². The van der Waals surface area contributed by atoms with E-state index in [2.05, 4.69) is 15.4 Å². The molecule has 0 saturated heterocycles. The van der Waals surface area contributed by atoms with Crippen LogP contribution in [0.4, 0.5) is 24.7 Å². The first-order valence-corrected chi connectivity index (χ1v) is 18.2. The highest BCUT2D eigenvalue weighted by molar-refractivity contribution is 7.93. The number of unbranched alkanes of at least 4 members (excludes halogenated alkanes) is 4. The summed E-state index contributed by atoms with van der Waals surface area (Å²) in [7, 11) is -3.27. The maximum Gasteiger partial charge on any atom is 0.355 e. The summed E-state index contributed by atoms with van der Waals surface area (Å²) in [6.45, 7) is 4.94. The standard InChI is InChI=1S/C35H41F3N8O4S/c1-4-40-30(47)10-8-6-5-7-9-17-46-21-25(19-42-46)27-20-41-34(39)31-32(43-45(3)33(27)31)24-13-16-28(44-51(48,49)35(37)38)29(18-24)50-22(2)23-11-14-26(36)15-12-23/h11-16,18-22,35,44H,4-10,17H2,1-3H3,(H2,39,41)(H,40,47). The molecular formula is C35H41F3N8O4S. The molecule has 5 rings (SSSR count). The van der Waals surface area contributed by atoms with E-state index in [1.54, 1.807) is 31.0 Å². The number of halogens is 3. The normalized spacial score (nSPS) is 12.4. The van der Waals surface area contributed by atoms with Crippen molar-refractivity contribution < 1.29 is 31.1 Å². The van der Waals surface area contributed by atoms with Gasteiger partial charge in [0, 0.05) is 55.6 Å². The quantitative estimate of drug-likeness (QED) is 0.0883. The number of amides is 1. The Morgan fingerprint density at radius 2 is 1.75 bits per heavy atom. The highest BCUT2D eigenvalue weighted by Crippen LogP contribution is 2.40. The number of nitrogens with one attached hydrogen (secondary N) is 2. The number of aryl methyl sites for hydroxylation is 2. The lowest BCUT2D eigenvalue weighted by atomic mass is 10.0. The minimum Gasteiger partial charge on any atom is -0.484 e. The van der Waals surface area contributed by atoms with Crippen molar-refractivity contribution in [3.8, 4) is 28.1 Å². The van der Waals surface area contributed by atoms with E-state index < -0.39 is 27.7 Å². The third kappa shape index (κ3) is 8.98. The number of rotatable bonds is 17. The van der Waals surface area contributed by atoms with Gasteiger partial charge in [0.2, 0.25) is 5.91 Å². The van der Waals surface area contributed by atoms with Gasteiger partial charge in [-0.15, -0.1) is 0 Å². The predicted molar refractivity (Wildman–Crippen MR) is 190 cm³/mol. The number of sulfonamides is 1. The van der Waals surface area contributed by atoms with Crippen molar-refractivity contribution in [2.75, 3.05) is 17.0 Å².